The van der Waals surface area contributed by atoms with Gasteiger partial charge in [-0.05, 0) is 37.2 Å². The van der Waals surface area contributed by atoms with Crippen LogP contribution in [-0.4, -0.2) is 50.0 Å². The van der Waals surface area contributed by atoms with E-state index in [1.54, 1.807) is 30.5 Å². The first-order valence-electron chi connectivity index (χ1n) is 9.49. The number of rotatable bonds is 5. The van der Waals surface area contributed by atoms with Crippen LogP contribution < -0.4 is 4.90 Å². The highest BCUT2D eigenvalue weighted by atomic mass is 32.2. The van der Waals surface area contributed by atoms with E-state index in [1.807, 2.05) is 30.3 Å². The van der Waals surface area contributed by atoms with Crippen molar-refractivity contribution in [2.24, 2.45) is 0 Å². The predicted molar refractivity (Wildman–Crippen MR) is 110 cm³/mol. The van der Waals surface area contributed by atoms with E-state index in [9.17, 15) is 8.42 Å². The normalized spacial score (nSPS) is 16.1. The van der Waals surface area contributed by atoms with Gasteiger partial charge in [-0.1, -0.05) is 37.3 Å². The van der Waals surface area contributed by atoms with Crippen LogP contribution >= 0.6 is 0 Å². The van der Waals surface area contributed by atoms with Crippen molar-refractivity contribution in [2.45, 2.75) is 18.2 Å². The minimum Gasteiger partial charge on any atom is -0.367 e. The first-order valence-corrected chi connectivity index (χ1v) is 10.9. The van der Waals surface area contributed by atoms with Crippen LogP contribution in [0, 0.1) is 0 Å². The third-order valence-corrected chi connectivity index (χ3v) is 6.90. The number of para-hydroxylation sites is 1. The Bertz CT molecular complexity index is 1020. The molecule has 2 aromatic carbocycles. The van der Waals surface area contributed by atoms with Gasteiger partial charge in [0.15, 0.2) is 0 Å². The van der Waals surface area contributed by atoms with Gasteiger partial charge in [0.1, 0.15) is 0 Å². The van der Waals surface area contributed by atoms with Crippen LogP contribution in [0.25, 0.3) is 10.9 Å². The Morgan fingerprint density at radius 3 is 2.33 bits per heavy atom. The van der Waals surface area contributed by atoms with Crippen molar-refractivity contribution in [3.63, 3.8) is 0 Å². The van der Waals surface area contributed by atoms with Crippen LogP contribution in [0.4, 0.5) is 5.69 Å². The van der Waals surface area contributed by atoms with E-state index in [0.29, 0.717) is 4.90 Å². The molecule has 0 spiro atoms. The zero-order valence-electron chi connectivity index (χ0n) is 15.6. The maximum absolute atomic E-state index is 13.2. The minimum absolute atomic E-state index is 0.310. The Labute approximate surface area is 160 Å². The van der Waals surface area contributed by atoms with Gasteiger partial charge < -0.3 is 4.90 Å². The summed E-state index contributed by atoms with van der Waals surface area (Å²) >= 11 is 0. The van der Waals surface area contributed by atoms with Gasteiger partial charge in [0.05, 0.1) is 16.1 Å². The minimum atomic E-state index is -3.62. The van der Waals surface area contributed by atoms with Crippen molar-refractivity contribution in [3.8, 4) is 0 Å². The van der Waals surface area contributed by atoms with Crippen LogP contribution in [0.1, 0.15) is 13.3 Å². The summed E-state index contributed by atoms with van der Waals surface area (Å²) < 4.78 is 27.9. The van der Waals surface area contributed by atoms with E-state index in [4.69, 9.17) is 0 Å². The van der Waals surface area contributed by atoms with Gasteiger partial charge in [-0.15, -0.1) is 0 Å². The summed E-state index contributed by atoms with van der Waals surface area (Å²) in [6, 6.07) is 16.5. The Hall–Kier alpha value is -2.31. The number of benzene rings is 2. The van der Waals surface area contributed by atoms with E-state index in [-0.39, 0.29) is 0 Å². The van der Waals surface area contributed by atoms with Crippen molar-refractivity contribution >= 4 is 26.6 Å². The van der Waals surface area contributed by atoms with Crippen LogP contribution in [-0.2, 0) is 10.0 Å². The third kappa shape index (κ3) is 3.35. The molecular formula is C21H25N3O2S. The summed E-state index contributed by atoms with van der Waals surface area (Å²) in [5, 5.41) is 0.947. The Morgan fingerprint density at radius 1 is 0.889 bits per heavy atom. The maximum Gasteiger partial charge on any atom is 0.268 e. The molecule has 0 aliphatic carbocycles. The predicted octanol–water partition coefficient (Wildman–Crippen LogP) is 3.41. The molecule has 1 aliphatic heterocycles. The third-order valence-electron chi connectivity index (χ3n) is 5.21. The standard InChI is InChI=1S/C21H25N3O2S/c1-2-12-22-14-16-23(17-15-22)20-10-6-7-18-11-13-24(21(18)20)27(25,26)19-8-4-3-5-9-19/h3-11,13H,2,12,14-17H2,1H3. The molecule has 27 heavy (non-hydrogen) atoms. The summed E-state index contributed by atoms with van der Waals surface area (Å²) in [6.07, 6.45) is 2.83. The second kappa shape index (κ2) is 7.37. The number of hydrogen-bond donors (Lipinski definition) is 0. The molecule has 1 saturated heterocycles. The van der Waals surface area contributed by atoms with Gasteiger partial charge in [-0.3, -0.25) is 4.90 Å². The number of piperazine rings is 1. The molecule has 0 saturated carbocycles. The Kier molecular flexibility index (Phi) is 4.93. The molecule has 3 aromatic rings. The van der Waals surface area contributed by atoms with Gasteiger partial charge in [0.25, 0.3) is 10.0 Å². The number of hydrogen-bond acceptors (Lipinski definition) is 4. The smallest absolute Gasteiger partial charge is 0.268 e. The topological polar surface area (TPSA) is 45.5 Å². The SMILES string of the molecule is CCCN1CCN(c2cccc3ccn(S(=O)(=O)c4ccccc4)c23)CC1. The van der Waals surface area contributed by atoms with Crippen molar-refractivity contribution in [1.29, 1.82) is 0 Å². The lowest BCUT2D eigenvalue weighted by atomic mass is 10.2. The molecule has 6 heteroatoms. The van der Waals surface area contributed by atoms with E-state index in [2.05, 4.69) is 16.7 Å². The molecule has 1 fully saturated rings. The van der Waals surface area contributed by atoms with Crippen LogP contribution in [0.3, 0.4) is 0 Å². The second-order valence-corrected chi connectivity index (χ2v) is 8.79. The van der Waals surface area contributed by atoms with Crippen molar-refractivity contribution in [1.82, 2.24) is 8.87 Å². The van der Waals surface area contributed by atoms with Gasteiger partial charge in [-0.25, -0.2) is 12.4 Å². The maximum atomic E-state index is 13.2. The number of nitrogens with zero attached hydrogens (tertiary/aromatic N) is 3. The molecule has 1 aliphatic rings. The van der Waals surface area contributed by atoms with E-state index < -0.39 is 10.0 Å². The zero-order chi connectivity index (χ0) is 18.9. The van der Waals surface area contributed by atoms with E-state index in [0.717, 1.165) is 55.7 Å². The van der Waals surface area contributed by atoms with Gasteiger partial charge in [-0.2, -0.15) is 0 Å². The average molecular weight is 384 g/mol. The highest BCUT2D eigenvalue weighted by Gasteiger charge is 2.24. The highest BCUT2D eigenvalue weighted by molar-refractivity contribution is 7.90. The summed E-state index contributed by atoms with van der Waals surface area (Å²) in [7, 11) is -3.62. The lowest BCUT2D eigenvalue weighted by Gasteiger charge is -2.36. The molecule has 2 heterocycles. The fraction of sp³-hybridized carbons (Fsp3) is 0.333. The second-order valence-electron chi connectivity index (χ2n) is 6.97. The molecule has 1 aromatic heterocycles. The van der Waals surface area contributed by atoms with Gasteiger partial charge in [0, 0.05) is 37.8 Å². The number of anilines is 1. The highest BCUT2D eigenvalue weighted by Crippen LogP contribution is 2.31. The fourth-order valence-electron chi connectivity index (χ4n) is 3.84. The molecule has 0 amide bonds. The summed E-state index contributed by atoms with van der Waals surface area (Å²) in [5.41, 5.74) is 1.76. The monoisotopic (exact) mass is 383 g/mol. The van der Waals surface area contributed by atoms with E-state index >= 15 is 0 Å². The Balaban J connectivity index is 1.75. The van der Waals surface area contributed by atoms with Crippen molar-refractivity contribution in [3.05, 3.63) is 60.8 Å². The molecule has 0 unspecified atom stereocenters. The average Bonchev–Trinajstić information content (AvgIpc) is 3.15. The quantitative estimate of drug-likeness (QED) is 0.677. The van der Waals surface area contributed by atoms with Gasteiger partial charge >= 0.3 is 0 Å². The molecule has 0 radical (unpaired) electrons. The first kappa shape index (κ1) is 18.1. The van der Waals surface area contributed by atoms with Crippen LogP contribution in [0.15, 0.2) is 65.7 Å². The van der Waals surface area contributed by atoms with Crippen LogP contribution in [0.5, 0.6) is 0 Å². The van der Waals surface area contributed by atoms with Crippen LogP contribution in [0.2, 0.25) is 0 Å². The van der Waals surface area contributed by atoms with Crippen molar-refractivity contribution < 1.29 is 8.42 Å². The first-order chi connectivity index (χ1) is 13.1. The largest absolute Gasteiger partial charge is 0.367 e. The molecule has 4 rings (SSSR count). The Morgan fingerprint density at radius 2 is 1.63 bits per heavy atom. The molecule has 5 nitrogen and oxygen atoms in total. The lowest BCUT2D eigenvalue weighted by Crippen LogP contribution is -2.46. The number of aromatic nitrogens is 1. The molecule has 142 valence electrons. The molecule has 0 N–H and O–H groups in total. The van der Waals surface area contributed by atoms with Gasteiger partial charge in [0.2, 0.25) is 0 Å². The molecule has 0 bridgehead atoms. The molecule has 0 atom stereocenters. The summed E-state index contributed by atoms with van der Waals surface area (Å²) in [4.78, 5) is 5.09. The van der Waals surface area contributed by atoms with E-state index in [1.165, 1.54) is 3.97 Å². The summed E-state index contributed by atoms with van der Waals surface area (Å²) in [5.74, 6) is 0. The number of fused-ring (bicyclic) bond motifs is 1. The lowest BCUT2D eigenvalue weighted by molar-refractivity contribution is 0.258. The van der Waals surface area contributed by atoms with Crippen molar-refractivity contribution in [2.75, 3.05) is 37.6 Å². The summed E-state index contributed by atoms with van der Waals surface area (Å²) in [6.45, 7) is 7.17. The zero-order valence-corrected chi connectivity index (χ0v) is 16.4. The molecular weight excluding hydrogens is 358 g/mol. The fourth-order valence-corrected chi connectivity index (χ4v) is 5.22.